The Morgan fingerprint density at radius 3 is 2.43 bits per heavy atom. The number of hydrogen-bond acceptors (Lipinski definition) is 2. The first-order chi connectivity index (χ1) is 10.3. The second kappa shape index (κ2) is 7.46. The van der Waals surface area contributed by atoms with Gasteiger partial charge in [0.2, 0.25) is 0 Å². The molecular weight excluding hydrogens is 256 g/mol. The Kier molecular flexibility index (Phi) is 5.61. The maximum absolute atomic E-state index is 4.05. The normalized spacial score (nSPS) is 34.0. The SMILES string of the molecule is CCCC1CC(NC2CCCCC2)CN(C(C)C2CC2)C1. The van der Waals surface area contributed by atoms with Crippen LogP contribution < -0.4 is 5.32 Å². The van der Waals surface area contributed by atoms with Gasteiger partial charge in [-0.15, -0.1) is 0 Å². The molecule has 0 spiro atoms. The number of piperidine rings is 1. The third-order valence-electron chi connectivity index (χ3n) is 6.22. The molecule has 0 amide bonds. The summed E-state index contributed by atoms with van der Waals surface area (Å²) in [5.74, 6) is 1.95. The Hall–Kier alpha value is -0.0800. The Bertz CT molecular complexity index is 307. The smallest absolute Gasteiger partial charge is 0.0200 e. The van der Waals surface area contributed by atoms with Crippen molar-refractivity contribution in [2.45, 2.75) is 96.2 Å². The number of nitrogens with zero attached hydrogens (tertiary/aromatic N) is 1. The molecule has 122 valence electrons. The number of rotatable bonds is 6. The lowest BCUT2D eigenvalue weighted by atomic mass is 9.87. The zero-order valence-electron chi connectivity index (χ0n) is 14.3. The van der Waals surface area contributed by atoms with Gasteiger partial charge in [-0.25, -0.2) is 0 Å². The molecule has 1 heterocycles. The van der Waals surface area contributed by atoms with Gasteiger partial charge in [0.05, 0.1) is 0 Å². The number of likely N-dealkylation sites (tertiary alicyclic amines) is 1. The van der Waals surface area contributed by atoms with Crippen molar-refractivity contribution in [3.63, 3.8) is 0 Å². The van der Waals surface area contributed by atoms with Crippen LogP contribution in [0.4, 0.5) is 0 Å². The molecule has 1 N–H and O–H groups in total. The first-order valence-corrected chi connectivity index (χ1v) is 9.76. The molecule has 0 aromatic rings. The predicted molar refractivity (Wildman–Crippen MR) is 90.6 cm³/mol. The van der Waals surface area contributed by atoms with Gasteiger partial charge in [0, 0.05) is 31.2 Å². The summed E-state index contributed by atoms with van der Waals surface area (Å²) in [6.45, 7) is 7.53. The predicted octanol–water partition coefficient (Wildman–Crippen LogP) is 4.20. The Balaban J connectivity index is 1.55. The van der Waals surface area contributed by atoms with Crippen LogP contribution in [0.25, 0.3) is 0 Å². The summed E-state index contributed by atoms with van der Waals surface area (Å²) in [4.78, 5) is 2.84. The quantitative estimate of drug-likeness (QED) is 0.789. The van der Waals surface area contributed by atoms with Gasteiger partial charge in [-0.3, -0.25) is 4.90 Å². The van der Waals surface area contributed by atoms with Crippen LogP contribution in [-0.2, 0) is 0 Å². The van der Waals surface area contributed by atoms with E-state index in [4.69, 9.17) is 0 Å². The highest BCUT2D eigenvalue weighted by molar-refractivity contribution is 4.92. The van der Waals surface area contributed by atoms with E-state index in [1.165, 1.54) is 77.3 Å². The van der Waals surface area contributed by atoms with Crippen LogP contribution in [0.2, 0.25) is 0 Å². The maximum Gasteiger partial charge on any atom is 0.0200 e. The van der Waals surface area contributed by atoms with E-state index in [2.05, 4.69) is 24.1 Å². The minimum absolute atomic E-state index is 0.764. The van der Waals surface area contributed by atoms with Gasteiger partial charge in [-0.1, -0.05) is 32.6 Å². The summed E-state index contributed by atoms with van der Waals surface area (Å²) >= 11 is 0. The summed E-state index contributed by atoms with van der Waals surface area (Å²) < 4.78 is 0. The number of nitrogens with one attached hydrogen (secondary N) is 1. The second-order valence-electron chi connectivity index (χ2n) is 8.12. The Morgan fingerprint density at radius 2 is 1.76 bits per heavy atom. The van der Waals surface area contributed by atoms with Gasteiger partial charge >= 0.3 is 0 Å². The van der Waals surface area contributed by atoms with Crippen LogP contribution in [0.15, 0.2) is 0 Å². The van der Waals surface area contributed by atoms with Crippen molar-refractivity contribution in [3.05, 3.63) is 0 Å². The third-order valence-corrected chi connectivity index (χ3v) is 6.22. The second-order valence-corrected chi connectivity index (χ2v) is 8.12. The van der Waals surface area contributed by atoms with Gasteiger partial charge < -0.3 is 5.32 Å². The molecule has 0 radical (unpaired) electrons. The minimum atomic E-state index is 0.764. The van der Waals surface area contributed by atoms with E-state index in [1.807, 2.05) is 0 Å². The van der Waals surface area contributed by atoms with Gasteiger partial charge in [-0.05, 0) is 57.3 Å². The van der Waals surface area contributed by atoms with E-state index in [0.717, 1.165) is 30.0 Å². The fourth-order valence-corrected chi connectivity index (χ4v) is 4.79. The van der Waals surface area contributed by atoms with Crippen LogP contribution in [0.5, 0.6) is 0 Å². The van der Waals surface area contributed by atoms with Crippen LogP contribution in [0, 0.1) is 11.8 Å². The first kappa shape index (κ1) is 15.8. The molecule has 0 aromatic heterocycles. The fourth-order valence-electron chi connectivity index (χ4n) is 4.79. The van der Waals surface area contributed by atoms with E-state index in [-0.39, 0.29) is 0 Å². The van der Waals surface area contributed by atoms with E-state index >= 15 is 0 Å². The summed E-state index contributed by atoms with van der Waals surface area (Å²) in [6.07, 6.45) is 14.4. The average molecular weight is 293 g/mol. The molecule has 3 atom stereocenters. The lowest BCUT2D eigenvalue weighted by molar-refractivity contribution is 0.0841. The molecule has 3 fully saturated rings. The van der Waals surface area contributed by atoms with Gasteiger partial charge in [0.15, 0.2) is 0 Å². The van der Waals surface area contributed by atoms with Crippen molar-refractivity contribution in [1.29, 1.82) is 0 Å². The van der Waals surface area contributed by atoms with Crippen molar-refractivity contribution in [1.82, 2.24) is 10.2 Å². The van der Waals surface area contributed by atoms with Crippen molar-refractivity contribution >= 4 is 0 Å². The Morgan fingerprint density at radius 1 is 1.00 bits per heavy atom. The van der Waals surface area contributed by atoms with Crippen LogP contribution >= 0.6 is 0 Å². The molecule has 3 unspecified atom stereocenters. The monoisotopic (exact) mass is 292 g/mol. The highest BCUT2D eigenvalue weighted by Crippen LogP contribution is 2.37. The molecule has 2 aliphatic carbocycles. The van der Waals surface area contributed by atoms with Gasteiger partial charge in [-0.2, -0.15) is 0 Å². The molecular formula is C19H36N2. The Labute approximate surface area is 132 Å². The highest BCUT2D eigenvalue weighted by atomic mass is 15.2. The lowest BCUT2D eigenvalue weighted by Gasteiger charge is -2.43. The summed E-state index contributed by atoms with van der Waals surface area (Å²) in [7, 11) is 0. The molecule has 2 saturated carbocycles. The number of hydrogen-bond donors (Lipinski definition) is 1. The molecule has 0 bridgehead atoms. The standard InChI is InChI=1S/C19H36N2/c1-3-7-16-12-19(20-18-8-5-4-6-9-18)14-21(13-16)15(2)17-10-11-17/h15-20H,3-14H2,1-2H3. The lowest BCUT2D eigenvalue weighted by Crippen LogP contribution is -2.54. The molecule has 1 saturated heterocycles. The molecule has 1 aliphatic heterocycles. The molecule has 0 aromatic carbocycles. The molecule has 21 heavy (non-hydrogen) atoms. The maximum atomic E-state index is 4.05. The average Bonchev–Trinajstić information content (AvgIpc) is 3.32. The largest absolute Gasteiger partial charge is 0.310 e. The highest BCUT2D eigenvalue weighted by Gasteiger charge is 2.36. The van der Waals surface area contributed by atoms with Crippen molar-refractivity contribution in [2.75, 3.05) is 13.1 Å². The summed E-state index contributed by atoms with van der Waals surface area (Å²) in [5.41, 5.74) is 0. The summed E-state index contributed by atoms with van der Waals surface area (Å²) in [6, 6.07) is 2.42. The molecule has 2 heteroatoms. The fraction of sp³-hybridized carbons (Fsp3) is 1.00. The molecule has 2 nitrogen and oxygen atoms in total. The third kappa shape index (κ3) is 4.45. The van der Waals surface area contributed by atoms with Crippen LogP contribution in [-0.4, -0.2) is 36.1 Å². The van der Waals surface area contributed by atoms with E-state index < -0.39 is 0 Å². The van der Waals surface area contributed by atoms with Crippen molar-refractivity contribution < 1.29 is 0 Å². The zero-order chi connectivity index (χ0) is 14.7. The summed E-state index contributed by atoms with van der Waals surface area (Å²) in [5, 5.41) is 4.05. The van der Waals surface area contributed by atoms with Gasteiger partial charge in [0.25, 0.3) is 0 Å². The van der Waals surface area contributed by atoms with Crippen molar-refractivity contribution in [3.8, 4) is 0 Å². The van der Waals surface area contributed by atoms with Gasteiger partial charge in [0.1, 0.15) is 0 Å². The first-order valence-electron chi connectivity index (χ1n) is 9.76. The minimum Gasteiger partial charge on any atom is -0.310 e. The molecule has 3 rings (SSSR count). The van der Waals surface area contributed by atoms with E-state index in [1.54, 1.807) is 0 Å². The zero-order valence-corrected chi connectivity index (χ0v) is 14.3. The topological polar surface area (TPSA) is 15.3 Å². The van der Waals surface area contributed by atoms with Crippen LogP contribution in [0.3, 0.4) is 0 Å². The van der Waals surface area contributed by atoms with E-state index in [9.17, 15) is 0 Å². The molecule has 3 aliphatic rings. The van der Waals surface area contributed by atoms with E-state index in [0.29, 0.717) is 0 Å². The van der Waals surface area contributed by atoms with Crippen LogP contribution in [0.1, 0.15) is 78.1 Å². The van der Waals surface area contributed by atoms with Crippen molar-refractivity contribution in [2.24, 2.45) is 11.8 Å².